The molecule has 1 aromatic heterocycles. The quantitative estimate of drug-likeness (QED) is 0.889. The second-order valence-corrected chi connectivity index (χ2v) is 4.23. The van der Waals surface area contributed by atoms with Gasteiger partial charge in [-0.3, -0.25) is 4.98 Å². The maximum Gasteiger partial charge on any atom is 0.147 e. The van der Waals surface area contributed by atoms with Crippen molar-refractivity contribution in [3.63, 3.8) is 0 Å². The summed E-state index contributed by atoms with van der Waals surface area (Å²) in [6.45, 7) is 1.90. The van der Waals surface area contributed by atoms with Gasteiger partial charge in [0.2, 0.25) is 0 Å². The molecule has 1 unspecified atom stereocenters. The van der Waals surface area contributed by atoms with Gasteiger partial charge in [-0.2, -0.15) is 0 Å². The highest BCUT2D eigenvalue weighted by atomic mass is 35.5. The fraction of sp³-hybridized carbons (Fsp3) is 0.154. The molecule has 0 aliphatic heterocycles. The third-order valence-corrected chi connectivity index (χ3v) is 2.88. The molecule has 1 heterocycles. The van der Waals surface area contributed by atoms with E-state index in [1.54, 1.807) is 12.1 Å². The molecule has 0 saturated heterocycles. The minimum atomic E-state index is -1.08. The van der Waals surface area contributed by atoms with Crippen molar-refractivity contribution < 1.29 is 9.50 Å². The molecule has 1 N–H and O–H groups in total. The van der Waals surface area contributed by atoms with Crippen molar-refractivity contribution in [3.8, 4) is 0 Å². The van der Waals surface area contributed by atoms with Gasteiger partial charge in [0.05, 0.1) is 6.20 Å². The average molecular weight is 252 g/mol. The molecule has 0 bridgehead atoms. The summed E-state index contributed by atoms with van der Waals surface area (Å²) in [5.74, 6) is -0.545. The van der Waals surface area contributed by atoms with Gasteiger partial charge in [0.15, 0.2) is 0 Å². The number of nitrogens with zero attached hydrogens (tertiary/aromatic N) is 1. The Labute approximate surface area is 104 Å². The fourth-order valence-corrected chi connectivity index (χ4v) is 1.97. The summed E-state index contributed by atoms with van der Waals surface area (Å²) in [6, 6.07) is 6.70. The molecule has 0 aliphatic rings. The van der Waals surface area contributed by atoms with Crippen LogP contribution in [0.5, 0.6) is 0 Å². The summed E-state index contributed by atoms with van der Waals surface area (Å²) in [5.41, 5.74) is 1.65. The zero-order valence-corrected chi connectivity index (χ0v) is 9.95. The molecule has 0 saturated carbocycles. The van der Waals surface area contributed by atoms with Gasteiger partial charge in [0.1, 0.15) is 11.9 Å². The highest BCUT2D eigenvalue weighted by Gasteiger charge is 2.17. The van der Waals surface area contributed by atoms with E-state index in [1.165, 1.54) is 12.3 Å². The smallest absolute Gasteiger partial charge is 0.147 e. The summed E-state index contributed by atoms with van der Waals surface area (Å²) in [6.07, 6.45) is 1.43. The molecule has 0 radical (unpaired) electrons. The number of aromatic nitrogens is 1. The Balaban J connectivity index is 2.44. The number of aliphatic hydroxyl groups excluding tert-OH is 1. The molecule has 0 aliphatic carbocycles. The first-order valence-electron chi connectivity index (χ1n) is 5.13. The van der Waals surface area contributed by atoms with Crippen molar-refractivity contribution in [2.24, 2.45) is 0 Å². The van der Waals surface area contributed by atoms with Crippen molar-refractivity contribution in [1.29, 1.82) is 0 Å². The highest BCUT2D eigenvalue weighted by molar-refractivity contribution is 6.31. The van der Waals surface area contributed by atoms with Crippen LogP contribution in [0.3, 0.4) is 0 Å². The van der Waals surface area contributed by atoms with Crippen molar-refractivity contribution in [2.75, 3.05) is 0 Å². The van der Waals surface area contributed by atoms with Gasteiger partial charge in [0.25, 0.3) is 0 Å². The molecule has 2 rings (SSSR count). The maximum atomic E-state index is 13.5. The predicted molar refractivity (Wildman–Crippen MR) is 64.4 cm³/mol. The van der Waals surface area contributed by atoms with Gasteiger partial charge in [-0.1, -0.05) is 23.7 Å². The normalized spacial score (nSPS) is 12.5. The second-order valence-electron chi connectivity index (χ2n) is 3.82. The van der Waals surface area contributed by atoms with E-state index in [-0.39, 0.29) is 5.56 Å². The molecule has 2 aromatic rings. The number of rotatable bonds is 2. The van der Waals surface area contributed by atoms with Gasteiger partial charge in [-0.15, -0.1) is 0 Å². The standard InChI is InChI=1S/C13H11ClFNO/c1-8-2-3-9(11(14)6-8)13(17)10-4-5-16-7-12(10)15/h2-7,13,17H,1H3. The molecular formula is C13H11ClFNO. The molecule has 2 nitrogen and oxygen atoms in total. The molecular weight excluding hydrogens is 241 g/mol. The van der Waals surface area contributed by atoms with E-state index < -0.39 is 11.9 Å². The van der Waals surface area contributed by atoms with E-state index in [0.29, 0.717) is 10.6 Å². The Morgan fingerprint density at radius 3 is 2.71 bits per heavy atom. The number of hydrogen-bond acceptors (Lipinski definition) is 2. The van der Waals surface area contributed by atoms with Gasteiger partial charge in [-0.05, 0) is 24.6 Å². The zero-order chi connectivity index (χ0) is 12.4. The summed E-state index contributed by atoms with van der Waals surface area (Å²) >= 11 is 6.03. The third-order valence-electron chi connectivity index (χ3n) is 2.55. The minimum absolute atomic E-state index is 0.172. The summed E-state index contributed by atoms with van der Waals surface area (Å²) in [5, 5.41) is 10.5. The lowest BCUT2D eigenvalue weighted by Crippen LogP contribution is -2.03. The van der Waals surface area contributed by atoms with Crippen LogP contribution in [-0.2, 0) is 0 Å². The zero-order valence-electron chi connectivity index (χ0n) is 9.19. The Bertz CT molecular complexity index is 545. The van der Waals surface area contributed by atoms with Crippen molar-refractivity contribution >= 4 is 11.6 Å². The van der Waals surface area contributed by atoms with E-state index >= 15 is 0 Å². The molecule has 0 amide bonds. The van der Waals surface area contributed by atoms with E-state index in [1.807, 2.05) is 13.0 Å². The van der Waals surface area contributed by atoms with E-state index in [0.717, 1.165) is 11.8 Å². The SMILES string of the molecule is Cc1ccc(C(O)c2ccncc2F)c(Cl)c1. The van der Waals surface area contributed by atoms with Crippen LogP contribution in [0.15, 0.2) is 36.7 Å². The molecule has 88 valence electrons. The van der Waals surface area contributed by atoms with Crippen LogP contribution in [0.2, 0.25) is 5.02 Å². The Kier molecular flexibility index (Phi) is 3.41. The second kappa shape index (κ2) is 4.82. The highest BCUT2D eigenvalue weighted by Crippen LogP contribution is 2.29. The lowest BCUT2D eigenvalue weighted by atomic mass is 10.0. The van der Waals surface area contributed by atoms with Crippen molar-refractivity contribution in [2.45, 2.75) is 13.0 Å². The predicted octanol–water partition coefficient (Wildman–Crippen LogP) is 3.26. The van der Waals surface area contributed by atoms with Crippen LogP contribution < -0.4 is 0 Å². The third kappa shape index (κ3) is 2.46. The maximum absolute atomic E-state index is 13.5. The molecule has 0 fully saturated rings. The monoisotopic (exact) mass is 251 g/mol. The van der Waals surface area contributed by atoms with Gasteiger partial charge in [-0.25, -0.2) is 4.39 Å². The summed E-state index contributed by atoms with van der Waals surface area (Å²) in [4.78, 5) is 3.64. The Hall–Kier alpha value is -1.45. The first-order valence-corrected chi connectivity index (χ1v) is 5.51. The Morgan fingerprint density at radius 2 is 2.06 bits per heavy atom. The van der Waals surface area contributed by atoms with E-state index in [4.69, 9.17) is 11.6 Å². The number of benzene rings is 1. The van der Waals surface area contributed by atoms with Crippen LogP contribution in [0.25, 0.3) is 0 Å². The lowest BCUT2D eigenvalue weighted by molar-refractivity contribution is 0.215. The largest absolute Gasteiger partial charge is 0.383 e. The van der Waals surface area contributed by atoms with Crippen molar-refractivity contribution in [1.82, 2.24) is 4.98 Å². The van der Waals surface area contributed by atoms with Crippen LogP contribution >= 0.6 is 11.6 Å². The molecule has 1 atom stereocenters. The topological polar surface area (TPSA) is 33.1 Å². The van der Waals surface area contributed by atoms with Crippen LogP contribution in [0, 0.1) is 12.7 Å². The summed E-state index contributed by atoms with van der Waals surface area (Å²) in [7, 11) is 0. The number of pyridine rings is 1. The Morgan fingerprint density at radius 1 is 1.29 bits per heavy atom. The number of aryl methyl sites for hydroxylation is 1. The van der Waals surface area contributed by atoms with Gasteiger partial charge in [0, 0.05) is 22.3 Å². The molecule has 17 heavy (non-hydrogen) atoms. The molecule has 1 aromatic carbocycles. The lowest BCUT2D eigenvalue weighted by Gasteiger charge is -2.14. The number of hydrogen-bond donors (Lipinski definition) is 1. The van der Waals surface area contributed by atoms with Gasteiger partial charge >= 0.3 is 0 Å². The van der Waals surface area contributed by atoms with Gasteiger partial charge < -0.3 is 5.11 Å². The number of halogens is 2. The van der Waals surface area contributed by atoms with Crippen LogP contribution in [-0.4, -0.2) is 10.1 Å². The van der Waals surface area contributed by atoms with Crippen molar-refractivity contribution in [3.05, 3.63) is 64.2 Å². The molecule has 4 heteroatoms. The molecule has 0 spiro atoms. The van der Waals surface area contributed by atoms with E-state index in [2.05, 4.69) is 4.98 Å². The number of aliphatic hydroxyl groups is 1. The summed E-state index contributed by atoms with van der Waals surface area (Å²) < 4.78 is 13.5. The van der Waals surface area contributed by atoms with Crippen LogP contribution in [0.1, 0.15) is 22.8 Å². The fourth-order valence-electron chi connectivity index (χ4n) is 1.63. The first-order chi connectivity index (χ1) is 8.09. The minimum Gasteiger partial charge on any atom is -0.383 e. The van der Waals surface area contributed by atoms with Crippen LogP contribution in [0.4, 0.5) is 4.39 Å². The first kappa shape index (κ1) is 12.0. The average Bonchev–Trinajstić information content (AvgIpc) is 2.29. The van der Waals surface area contributed by atoms with E-state index in [9.17, 15) is 9.50 Å².